The molecular weight excluding hydrogens is 1800 g/mol. The summed E-state index contributed by atoms with van der Waals surface area (Å²) in [6, 6.07) is 31.4. The van der Waals surface area contributed by atoms with Crippen LogP contribution < -0.4 is 67.5 Å². The number of aromatic nitrogens is 8. The molecule has 8 bridgehead atoms. The van der Waals surface area contributed by atoms with E-state index in [1.807, 2.05) is 97.1 Å². The van der Waals surface area contributed by atoms with Gasteiger partial charge in [0.1, 0.15) is 45.7 Å². The topological polar surface area (TPSA) is 261 Å². The molecule has 3 aromatic heterocycles. The Labute approximate surface area is 805 Å². The van der Waals surface area contributed by atoms with E-state index < -0.39 is 0 Å². The van der Waals surface area contributed by atoms with Gasteiger partial charge >= 0.3 is 17.1 Å². The average molecular weight is 1920 g/mol. The first kappa shape index (κ1) is 95.5. The van der Waals surface area contributed by atoms with Crippen LogP contribution in [-0.4, -0.2) is 106 Å². The number of carbonyl (C=O) groups is 4. The summed E-state index contributed by atoms with van der Waals surface area (Å²) >= 11 is 5.90. The van der Waals surface area contributed by atoms with Crippen molar-refractivity contribution >= 4 is 160 Å². The van der Waals surface area contributed by atoms with Crippen LogP contribution in [0.25, 0.3) is 89.7 Å². The maximum absolute atomic E-state index is 15.3. The quantitative estimate of drug-likeness (QED) is 0.0255. The van der Waals surface area contributed by atoms with E-state index in [9.17, 15) is 0 Å². The maximum atomic E-state index is 15.3. The van der Waals surface area contributed by atoms with Gasteiger partial charge in [-0.05, 0) is 99.9 Å². The zero-order valence-electron chi connectivity index (χ0n) is 78.1. The molecule has 8 aromatic carbocycles. The van der Waals surface area contributed by atoms with E-state index >= 15 is 19.2 Å². The van der Waals surface area contributed by atoms with E-state index in [1.54, 1.807) is 47.3 Å². The summed E-state index contributed by atoms with van der Waals surface area (Å²) in [6.07, 6.45) is 19.0. The summed E-state index contributed by atoms with van der Waals surface area (Å²) in [4.78, 5) is 121. The molecule has 133 heavy (non-hydrogen) atoms. The Morgan fingerprint density at radius 3 is 0.699 bits per heavy atom. The van der Waals surface area contributed by atoms with Crippen molar-refractivity contribution in [1.29, 1.82) is 0 Å². The normalized spacial score (nSPS) is 12.9. The summed E-state index contributed by atoms with van der Waals surface area (Å²) in [7, 11) is 0. The number of nitrogens with zero attached hydrogens (tertiary/aromatic N) is 12. The Hall–Kier alpha value is -10.7. The summed E-state index contributed by atoms with van der Waals surface area (Å²) in [5, 5.41) is 1.48. The predicted octanol–water partition coefficient (Wildman–Crippen LogP) is 27.3. The Bertz CT molecular complexity index is 6440. The summed E-state index contributed by atoms with van der Waals surface area (Å²) < 4.78 is 60.3. The zero-order valence-corrected chi connectivity index (χ0v) is 82.3. The molecule has 6 aliphatic rings. The third-order valence-electron chi connectivity index (χ3n) is 24.2. The second-order valence-corrected chi connectivity index (χ2v) is 38.2. The minimum absolute atomic E-state index is 0. The maximum Gasteiger partial charge on any atom is 2.00 e. The first-order valence-electron chi connectivity index (χ1n) is 47.6. The number of unbranched alkanes of at least 4 members (excludes halogenated alkanes) is 16. The van der Waals surface area contributed by atoms with Crippen molar-refractivity contribution in [3.8, 4) is 91.5 Å². The number of amides is 4. The largest absolute Gasteiger partial charge is 2.00 e. The average Bonchev–Trinajstić information content (AvgIpc) is 1.56. The number of anilines is 8. The minimum atomic E-state index is -0.288. The van der Waals surface area contributed by atoms with Gasteiger partial charge in [-0.2, -0.15) is 0 Å². The molecule has 0 unspecified atom stereocenters. The fourth-order valence-electron chi connectivity index (χ4n) is 17.9. The molecule has 6 aliphatic heterocycles. The van der Waals surface area contributed by atoms with Gasteiger partial charge in [-0.1, -0.05) is 254 Å². The summed E-state index contributed by atoms with van der Waals surface area (Å²) in [5.74, 6) is 1.83. The third kappa shape index (κ3) is 18.5. The second-order valence-electron chi connectivity index (χ2n) is 34.0. The molecule has 1 radical (unpaired) electrons. The summed E-state index contributed by atoms with van der Waals surface area (Å²) in [6.45, 7) is 25.3. The molecule has 4 amide bonds. The van der Waals surface area contributed by atoms with Crippen molar-refractivity contribution in [1.82, 2.24) is 39.9 Å². The molecule has 0 fully saturated rings. The van der Waals surface area contributed by atoms with Crippen LogP contribution in [-0.2, 0) is 36.2 Å². The minimum Gasteiger partial charge on any atom is -0.492 e. The molecule has 9 heterocycles. The van der Waals surface area contributed by atoms with Gasteiger partial charge in [0, 0.05) is 91.4 Å². The van der Waals surface area contributed by atoms with Gasteiger partial charge in [0.05, 0.1) is 141 Å². The number of fused-ring (bicyclic) bond motifs is 28. The van der Waals surface area contributed by atoms with Crippen molar-refractivity contribution in [2.24, 2.45) is 0 Å². The van der Waals surface area contributed by atoms with E-state index in [1.165, 1.54) is 47.0 Å². The van der Waals surface area contributed by atoms with E-state index in [0.29, 0.717) is 195 Å². The molecule has 0 N–H and O–H groups in total. The molecule has 11 aromatic rings. The van der Waals surface area contributed by atoms with Crippen molar-refractivity contribution in [2.45, 2.75) is 276 Å². The first-order valence-corrected chi connectivity index (χ1v) is 50.9. The SMILES string of the molecule is CCCCCOc1c2c(c(OCCCCC)c3c1-c1nc-3nc3[n-]c(nc4nc(nc5[n-]c(n1)c1c(OCCCCC)c6c(c(OCCCCC)c51)N(C(C)=O)c1ccccc1S6)-c1c(OCCCCC)c5c(c(OCCCCC)c1-4)N(C(C)=O)c1ccccc1S5)c1c(OCCCCC)c4c(c(OCCCCC)c31)Sc1ccccc1N4C(C)=O)N(C(C)=O)c1ccccc1S2.[Cu+2]. The fourth-order valence-corrected chi connectivity index (χ4v) is 22.6. The van der Waals surface area contributed by atoms with Crippen LogP contribution in [0.15, 0.2) is 136 Å². The number of hydrogen-bond donors (Lipinski definition) is 0. The molecule has 0 aliphatic carbocycles. The van der Waals surface area contributed by atoms with Gasteiger partial charge in [-0.3, -0.25) is 38.8 Å². The van der Waals surface area contributed by atoms with Crippen molar-refractivity contribution in [3.63, 3.8) is 0 Å². The van der Waals surface area contributed by atoms with Gasteiger partial charge in [0.15, 0.2) is 23.0 Å². The van der Waals surface area contributed by atoms with Gasteiger partial charge in [0.2, 0.25) is 23.6 Å². The van der Waals surface area contributed by atoms with Gasteiger partial charge < -0.3 is 67.8 Å². The molecule has 0 spiro atoms. The molecule has 0 saturated heterocycles. The molecule has 17 rings (SSSR count). The van der Waals surface area contributed by atoms with Crippen LogP contribution >= 0.6 is 47.0 Å². The van der Waals surface area contributed by atoms with Crippen LogP contribution in [0.4, 0.5) is 45.5 Å². The van der Waals surface area contributed by atoms with Crippen LogP contribution in [0.3, 0.4) is 0 Å². The van der Waals surface area contributed by atoms with E-state index in [2.05, 4.69) is 55.4 Å². The van der Waals surface area contributed by atoms with Crippen LogP contribution in [0.1, 0.15) is 237 Å². The van der Waals surface area contributed by atoms with Gasteiger partial charge in [-0.15, -0.1) is 0 Å². The molecular formula is C104H116CuN12O12S4. The summed E-state index contributed by atoms with van der Waals surface area (Å²) in [5.41, 5.74) is 6.11. The van der Waals surface area contributed by atoms with Crippen LogP contribution in [0.2, 0.25) is 0 Å². The Balaban J connectivity index is 0.0000129. The smallest absolute Gasteiger partial charge is 0.492 e. The first-order chi connectivity index (χ1) is 64.6. The standard InChI is InChI=1S/C104H116N12O12S4.Cu/c1-13-21-37-53-121-85-73-77(89(125-57-41-25-17-5)93-81(85)113(61(9)117)65-45-29-33-49-69(65)129-93)101-106-97(73)105-98-74-78(90(126-58-42-26-18-6)94-82(86(74)122-54-38-22-14-2)114(62(10)118)66-46-30-34-50-70(66)130-94)102(107-98)109-100-76-80(92(128-60-44-28-20-8)96-84(88(76)124-56-40-24-16-4)116(64(12)120)68-48-32-36-52-72(68)132-96)104(111-100)112-103-79-75(99(108-101)110-103)87(123-55-39-23-15-3)83-95(91(79)127-59-43-27-19-7)131-71-51-35-31-47-67(71)115(83)63(11)119;/h29-36,45-52H,13-28,37-44,53-60H2,1-12H3;/q-2;+2. The Morgan fingerprint density at radius 2 is 0.459 bits per heavy atom. The van der Waals surface area contributed by atoms with E-state index in [4.69, 9.17) is 77.8 Å². The van der Waals surface area contributed by atoms with Gasteiger partial charge in [0.25, 0.3) is 0 Å². The molecule has 0 saturated carbocycles. The number of para-hydroxylation sites is 4. The fraction of sp³-hybridized carbons (Fsp3) is 0.423. The Morgan fingerprint density at radius 1 is 0.263 bits per heavy atom. The number of carbonyl (C=O) groups excluding carboxylic acids is 4. The number of benzene rings is 8. The monoisotopic (exact) mass is 1920 g/mol. The van der Waals surface area contributed by atoms with Gasteiger partial charge in [-0.25, -0.2) is 9.97 Å². The van der Waals surface area contributed by atoms with E-state index in [-0.39, 0.29) is 151 Å². The van der Waals surface area contributed by atoms with Crippen LogP contribution in [0, 0.1) is 0 Å². The second kappa shape index (κ2) is 43.3. The molecule has 29 heteroatoms. The molecule has 699 valence electrons. The number of rotatable bonds is 40. The van der Waals surface area contributed by atoms with Crippen molar-refractivity contribution < 1.29 is 74.1 Å². The third-order valence-corrected chi connectivity index (χ3v) is 28.8. The Kier molecular flexibility index (Phi) is 31.1. The van der Waals surface area contributed by atoms with Crippen molar-refractivity contribution in [2.75, 3.05) is 72.5 Å². The van der Waals surface area contributed by atoms with Crippen molar-refractivity contribution in [3.05, 3.63) is 97.1 Å². The van der Waals surface area contributed by atoms with E-state index in [0.717, 1.165) is 122 Å². The molecule has 24 nitrogen and oxygen atoms in total. The zero-order chi connectivity index (χ0) is 91.8. The number of ether oxygens (including phenoxy) is 8. The molecule has 0 atom stereocenters. The number of hydrogen-bond acceptors (Lipinski definition) is 22. The van der Waals surface area contributed by atoms with Crippen LogP contribution in [0.5, 0.6) is 46.0 Å². The predicted molar refractivity (Wildman–Crippen MR) is 528 cm³/mol.